The summed E-state index contributed by atoms with van der Waals surface area (Å²) in [6.45, 7) is 27.6. The van der Waals surface area contributed by atoms with E-state index in [1.165, 1.54) is 82.9 Å². The van der Waals surface area contributed by atoms with Crippen LogP contribution < -0.4 is 0 Å². The van der Waals surface area contributed by atoms with E-state index in [0.717, 1.165) is 24.7 Å². The van der Waals surface area contributed by atoms with E-state index in [2.05, 4.69) is 67.0 Å². The Kier molecular flexibility index (Phi) is 9.53. The number of nitrogens with zero attached hydrogens (tertiary/aromatic N) is 1. The Labute approximate surface area is 282 Å². The van der Waals surface area contributed by atoms with Gasteiger partial charge in [-0.15, -0.1) is 0 Å². The van der Waals surface area contributed by atoms with Crippen LogP contribution in [0.25, 0.3) is 0 Å². The third-order valence-corrected chi connectivity index (χ3v) is 16.2. The number of allylic oxidation sites excluding steroid dienone is 1. The topological polar surface area (TPSA) is 66.8 Å². The Morgan fingerprint density at radius 1 is 0.891 bits per heavy atom. The van der Waals surface area contributed by atoms with E-state index in [1.54, 1.807) is 13.8 Å². The van der Waals surface area contributed by atoms with Crippen molar-refractivity contribution in [2.75, 3.05) is 20.1 Å². The van der Waals surface area contributed by atoms with Crippen molar-refractivity contribution in [2.45, 2.75) is 152 Å². The Morgan fingerprint density at radius 2 is 1.59 bits per heavy atom. The second-order valence-corrected chi connectivity index (χ2v) is 19.3. The summed E-state index contributed by atoms with van der Waals surface area (Å²) < 4.78 is 6.19. The molecule has 10 atom stereocenters. The van der Waals surface area contributed by atoms with Crippen LogP contribution in [0.3, 0.4) is 0 Å². The van der Waals surface area contributed by atoms with Gasteiger partial charge in [-0.1, -0.05) is 53.7 Å². The van der Waals surface area contributed by atoms with E-state index >= 15 is 0 Å². The average Bonchev–Trinajstić information content (AvgIpc) is 3.34. The molecule has 46 heavy (non-hydrogen) atoms. The number of carboxylic acid groups (broad SMARTS) is 1. The van der Waals surface area contributed by atoms with E-state index in [4.69, 9.17) is 4.74 Å². The predicted molar refractivity (Wildman–Crippen MR) is 187 cm³/mol. The molecule has 0 heterocycles. The summed E-state index contributed by atoms with van der Waals surface area (Å²) in [5.74, 6) is 2.06. The summed E-state index contributed by atoms with van der Waals surface area (Å²) in [6, 6.07) is 0. The normalized spacial score (nSPS) is 43.2. The van der Waals surface area contributed by atoms with Gasteiger partial charge in [-0.2, -0.15) is 0 Å². The van der Waals surface area contributed by atoms with Crippen molar-refractivity contribution in [2.24, 2.45) is 62.1 Å². The highest BCUT2D eigenvalue weighted by Crippen LogP contribution is 2.78. The molecule has 5 rings (SSSR count). The highest BCUT2D eigenvalue weighted by Gasteiger charge is 2.71. The van der Waals surface area contributed by atoms with Gasteiger partial charge in [0.1, 0.15) is 6.10 Å². The lowest BCUT2D eigenvalue weighted by molar-refractivity contribution is -0.250. The molecule has 0 bridgehead atoms. The van der Waals surface area contributed by atoms with Crippen LogP contribution >= 0.6 is 0 Å². The minimum Gasteiger partial charge on any atom is -0.481 e. The van der Waals surface area contributed by atoms with Gasteiger partial charge < -0.3 is 14.7 Å². The zero-order chi connectivity index (χ0) is 34.1. The molecule has 5 aliphatic rings. The minimum absolute atomic E-state index is 0.0833. The Bertz CT molecular complexity index is 1190. The van der Waals surface area contributed by atoms with Gasteiger partial charge in [0.05, 0.1) is 11.8 Å². The molecule has 0 aliphatic heterocycles. The third-order valence-electron chi connectivity index (χ3n) is 16.2. The molecule has 0 aromatic carbocycles. The molecule has 0 radical (unpaired) electrons. The Balaban J connectivity index is 1.39. The fourth-order valence-corrected chi connectivity index (χ4v) is 13.4. The highest BCUT2D eigenvalue weighted by molar-refractivity contribution is 5.81. The van der Waals surface area contributed by atoms with E-state index in [0.29, 0.717) is 34.0 Å². The summed E-state index contributed by atoms with van der Waals surface area (Å²) in [5, 5.41) is 9.58. The van der Waals surface area contributed by atoms with Crippen molar-refractivity contribution >= 4 is 11.9 Å². The Morgan fingerprint density at radius 3 is 2.22 bits per heavy atom. The van der Waals surface area contributed by atoms with Gasteiger partial charge in [0, 0.05) is 5.41 Å². The standard InChI is InChI=1S/C41H69NO4/c1-12-24-42(11)25-23-41-20-15-28(27(2)3)34(41)29-13-14-31-38(8)18-17-32(46-33(43)26-36(4,5)35(44)45)37(6,7)30(38)16-19-40(31,10)39(29,9)21-22-41/h28-32,34H,2,12-26H2,1,3-11H3,(H,44,45)/t28-,29+,30-,31+,32-,34+,38-,39+,40+,41+/m0/s1. The molecule has 0 spiro atoms. The first-order valence-electron chi connectivity index (χ1n) is 19.1. The molecule has 1 N–H and O–H groups in total. The summed E-state index contributed by atoms with van der Waals surface area (Å²) in [4.78, 5) is 27.3. The number of hydrogen-bond donors (Lipinski definition) is 1. The van der Waals surface area contributed by atoms with Gasteiger partial charge in [0.15, 0.2) is 0 Å². The minimum atomic E-state index is -1.11. The molecule has 0 aromatic rings. The number of carbonyl (C=O) groups excluding carboxylic acids is 1. The van der Waals surface area contributed by atoms with Crippen molar-refractivity contribution in [1.82, 2.24) is 4.90 Å². The first-order valence-corrected chi connectivity index (χ1v) is 19.1. The lowest BCUT2D eigenvalue weighted by Gasteiger charge is -2.73. The molecule has 5 saturated carbocycles. The number of esters is 1. The maximum Gasteiger partial charge on any atom is 0.309 e. The van der Waals surface area contributed by atoms with Gasteiger partial charge in [-0.3, -0.25) is 9.59 Å². The number of aliphatic carboxylic acids is 1. The molecular formula is C41H69NO4. The van der Waals surface area contributed by atoms with Crippen LogP contribution in [0.1, 0.15) is 146 Å². The number of ether oxygens (including phenoxy) is 1. The second-order valence-electron chi connectivity index (χ2n) is 19.3. The van der Waals surface area contributed by atoms with Gasteiger partial charge >= 0.3 is 11.9 Å². The molecule has 0 saturated heterocycles. The fraction of sp³-hybridized carbons (Fsp3) is 0.902. The van der Waals surface area contributed by atoms with E-state index in [1.807, 2.05) is 0 Å². The quantitative estimate of drug-likeness (QED) is 0.190. The number of carboxylic acids is 1. The average molecular weight is 640 g/mol. The first-order chi connectivity index (χ1) is 21.3. The van der Waals surface area contributed by atoms with Crippen molar-refractivity contribution < 1.29 is 19.4 Å². The van der Waals surface area contributed by atoms with Crippen molar-refractivity contribution in [3.8, 4) is 0 Å². The van der Waals surface area contributed by atoms with Gasteiger partial charge in [0.25, 0.3) is 0 Å². The van der Waals surface area contributed by atoms with Crippen LogP contribution in [0.15, 0.2) is 12.2 Å². The molecule has 5 heteroatoms. The first kappa shape index (κ1) is 35.9. The highest BCUT2D eigenvalue weighted by atomic mass is 16.5. The van der Waals surface area contributed by atoms with Crippen molar-refractivity contribution in [3.05, 3.63) is 12.2 Å². The lowest BCUT2D eigenvalue weighted by atomic mass is 9.32. The molecule has 0 aromatic heterocycles. The molecular weight excluding hydrogens is 570 g/mol. The van der Waals surface area contributed by atoms with Crippen LogP contribution in [0.5, 0.6) is 0 Å². The monoisotopic (exact) mass is 640 g/mol. The number of fused-ring (bicyclic) bond motifs is 7. The predicted octanol–water partition coefficient (Wildman–Crippen LogP) is 9.79. The largest absolute Gasteiger partial charge is 0.481 e. The zero-order valence-corrected chi connectivity index (χ0v) is 31.4. The second kappa shape index (κ2) is 12.2. The molecule has 0 amide bonds. The lowest BCUT2D eigenvalue weighted by Crippen LogP contribution is -2.66. The maximum atomic E-state index is 13.1. The summed E-state index contributed by atoms with van der Waals surface area (Å²) in [5.41, 5.74) is 1.51. The fourth-order valence-electron chi connectivity index (χ4n) is 13.4. The zero-order valence-electron chi connectivity index (χ0n) is 31.4. The van der Waals surface area contributed by atoms with Gasteiger partial charge in [-0.05, 0) is 169 Å². The van der Waals surface area contributed by atoms with E-state index < -0.39 is 11.4 Å². The summed E-state index contributed by atoms with van der Waals surface area (Å²) in [7, 11) is 2.33. The van der Waals surface area contributed by atoms with Gasteiger partial charge in [0.2, 0.25) is 0 Å². The van der Waals surface area contributed by atoms with Crippen molar-refractivity contribution in [3.63, 3.8) is 0 Å². The SMILES string of the molecule is C=C(C)[C@@H]1CC[C@]2(CCN(C)CCC)CC[C@]3(C)[C@H](CC[C@@H]4[C@@]5(C)CC[C@H](OC(=O)CC(C)(C)C(=O)O)C(C)(C)[C@@H]5CC[C@]43C)[C@@H]12. The van der Waals surface area contributed by atoms with Crippen LogP contribution in [0, 0.1) is 62.1 Å². The van der Waals surface area contributed by atoms with E-state index in [-0.39, 0.29) is 29.3 Å². The molecule has 262 valence electrons. The number of hydrogen-bond acceptors (Lipinski definition) is 4. The number of carbonyl (C=O) groups is 2. The van der Waals surface area contributed by atoms with Crippen LogP contribution in [-0.2, 0) is 14.3 Å². The molecule has 5 nitrogen and oxygen atoms in total. The summed E-state index contributed by atoms with van der Waals surface area (Å²) >= 11 is 0. The smallest absolute Gasteiger partial charge is 0.309 e. The third kappa shape index (κ3) is 5.53. The summed E-state index contributed by atoms with van der Waals surface area (Å²) in [6.07, 6.45) is 14.9. The molecule has 5 aliphatic carbocycles. The van der Waals surface area contributed by atoms with Crippen molar-refractivity contribution in [1.29, 1.82) is 0 Å². The molecule has 5 fully saturated rings. The Hall–Kier alpha value is -1.36. The molecule has 0 unspecified atom stereocenters. The van der Waals surface area contributed by atoms with Crippen LogP contribution in [-0.4, -0.2) is 48.2 Å². The van der Waals surface area contributed by atoms with Gasteiger partial charge in [-0.25, -0.2) is 0 Å². The van der Waals surface area contributed by atoms with Crippen LogP contribution in [0.4, 0.5) is 0 Å². The number of rotatable bonds is 10. The van der Waals surface area contributed by atoms with E-state index in [9.17, 15) is 14.7 Å². The van der Waals surface area contributed by atoms with Crippen LogP contribution in [0.2, 0.25) is 0 Å². The maximum absolute atomic E-state index is 13.1.